The lowest BCUT2D eigenvalue weighted by Crippen LogP contribution is -2.25. The second-order valence-corrected chi connectivity index (χ2v) is 5.25. The lowest BCUT2D eigenvalue weighted by atomic mass is 10.1. The summed E-state index contributed by atoms with van der Waals surface area (Å²) < 4.78 is 5.12. The number of methoxy groups -OCH3 is 1. The molecule has 1 amide bonds. The first-order chi connectivity index (χ1) is 9.11. The molecule has 1 N–H and O–H groups in total. The number of hydrogen-bond donors (Lipinski definition) is 1. The molecule has 3 nitrogen and oxygen atoms in total. The number of unbranched alkanes of at least 4 members (excludes halogenated alkanes) is 1. The average molecular weight is 263 g/mol. The predicted octanol–water partition coefficient (Wildman–Crippen LogP) is 3.18. The van der Waals surface area contributed by atoms with E-state index < -0.39 is 0 Å². The maximum absolute atomic E-state index is 11.4. The first-order valence-electron chi connectivity index (χ1n) is 7.01. The van der Waals surface area contributed by atoms with Gasteiger partial charge in [-0.2, -0.15) is 0 Å². The highest BCUT2D eigenvalue weighted by molar-refractivity contribution is 5.75. The van der Waals surface area contributed by atoms with Crippen molar-refractivity contribution in [2.75, 3.05) is 13.7 Å². The third-order valence-electron chi connectivity index (χ3n) is 2.97. The highest BCUT2D eigenvalue weighted by atomic mass is 16.5. The fourth-order valence-electron chi connectivity index (χ4n) is 1.92. The summed E-state index contributed by atoms with van der Waals surface area (Å²) in [6.07, 6.45) is 3.78. The van der Waals surface area contributed by atoms with Gasteiger partial charge in [-0.15, -0.1) is 0 Å². The van der Waals surface area contributed by atoms with Crippen molar-refractivity contribution in [1.82, 2.24) is 5.32 Å². The van der Waals surface area contributed by atoms with E-state index in [9.17, 15) is 4.79 Å². The van der Waals surface area contributed by atoms with Gasteiger partial charge in [-0.25, -0.2) is 0 Å². The topological polar surface area (TPSA) is 38.3 Å². The van der Waals surface area contributed by atoms with Crippen LogP contribution in [0.5, 0.6) is 5.75 Å². The number of ether oxygens (including phenoxy) is 1. The minimum Gasteiger partial charge on any atom is -0.497 e. The fourth-order valence-corrected chi connectivity index (χ4v) is 1.92. The van der Waals surface area contributed by atoms with Gasteiger partial charge in [0.15, 0.2) is 0 Å². The third kappa shape index (κ3) is 6.85. The standard InChI is InChI=1S/C16H25NO2/c1-13(2)12-16(18)17-11-5-4-6-14-7-9-15(19-3)10-8-14/h7-10,13H,4-6,11-12H2,1-3H3,(H,17,18). The van der Waals surface area contributed by atoms with Crippen molar-refractivity contribution in [3.63, 3.8) is 0 Å². The van der Waals surface area contributed by atoms with Crippen LogP contribution in [0.15, 0.2) is 24.3 Å². The zero-order chi connectivity index (χ0) is 14.1. The Kier molecular flexibility index (Phi) is 7.01. The van der Waals surface area contributed by atoms with Gasteiger partial charge in [-0.3, -0.25) is 4.79 Å². The van der Waals surface area contributed by atoms with Crippen molar-refractivity contribution in [1.29, 1.82) is 0 Å². The number of carbonyl (C=O) groups is 1. The summed E-state index contributed by atoms with van der Waals surface area (Å²) in [6.45, 7) is 4.90. The van der Waals surface area contributed by atoms with Crippen molar-refractivity contribution < 1.29 is 9.53 Å². The molecule has 0 bridgehead atoms. The highest BCUT2D eigenvalue weighted by Crippen LogP contribution is 2.12. The molecule has 0 spiro atoms. The van der Waals surface area contributed by atoms with Gasteiger partial charge in [0.1, 0.15) is 5.75 Å². The molecule has 1 rings (SSSR count). The molecule has 0 aliphatic heterocycles. The normalized spacial score (nSPS) is 10.5. The van der Waals surface area contributed by atoms with E-state index in [4.69, 9.17) is 4.74 Å². The van der Waals surface area contributed by atoms with Crippen molar-refractivity contribution >= 4 is 5.91 Å². The van der Waals surface area contributed by atoms with Gasteiger partial charge in [0, 0.05) is 13.0 Å². The van der Waals surface area contributed by atoms with Gasteiger partial charge < -0.3 is 10.1 Å². The predicted molar refractivity (Wildman–Crippen MR) is 78.4 cm³/mol. The average Bonchev–Trinajstić information content (AvgIpc) is 2.38. The van der Waals surface area contributed by atoms with Crippen molar-refractivity contribution in [2.24, 2.45) is 5.92 Å². The van der Waals surface area contributed by atoms with Crippen molar-refractivity contribution in [2.45, 2.75) is 39.5 Å². The van der Waals surface area contributed by atoms with Crippen LogP contribution in [-0.4, -0.2) is 19.6 Å². The van der Waals surface area contributed by atoms with E-state index in [-0.39, 0.29) is 5.91 Å². The summed E-state index contributed by atoms with van der Waals surface area (Å²) in [4.78, 5) is 11.4. The second kappa shape index (κ2) is 8.57. The van der Waals surface area contributed by atoms with Crippen LogP contribution in [0.25, 0.3) is 0 Å². The van der Waals surface area contributed by atoms with Gasteiger partial charge in [-0.1, -0.05) is 26.0 Å². The summed E-state index contributed by atoms with van der Waals surface area (Å²) >= 11 is 0. The maximum Gasteiger partial charge on any atom is 0.220 e. The van der Waals surface area contributed by atoms with E-state index in [0.29, 0.717) is 12.3 Å². The van der Waals surface area contributed by atoms with Gasteiger partial charge in [0.25, 0.3) is 0 Å². The van der Waals surface area contributed by atoms with Crippen LogP contribution in [0.1, 0.15) is 38.7 Å². The molecule has 0 saturated heterocycles. The van der Waals surface area contributed by atoms with Crippen LogP contribution in [0.2, 0.25) is 0 Å². The summed E-state index contributed by atoms with van der Waals surface area (Å²) in [5.74, 6) is 1.49. The fraction of sp³-hybridized carbons (Fsp3) is 0.562. The molecule has 106 valence electrons. The number of nitrogens with one attached hydrogen (secondary N) is 1. The summed E-state index contributed by atoms with van der Waals surface area (Å²) in [7, 11) is 1.68. The minimum absolute atomic E-state index is 0.166. The summed E-state index contributed by atoms with van der Waals surface area (Å²) in [5.41, 5.74) is 1.31. The van der Waals surface area contributed by atoms with E-state index in [1.807, 2.05) is 12.1 Å². The Hall–Kier alpha value is -1.51. The Morgan fingerprint density at radius 1 is 1.21 bits per heavy atom. The Balaban J connectivity index is 2.11. The smallest absolute Gasteiger partial charge is 0.220 e. The molecular weight excluding hydrogens is 238 g/mol. The molecule has 0 fully saturated rings. The van der Waals surface area contributed by atoms with Gasteiger partial charge in [0.2, 0.25) is 5.91 Å². The first kappa shape index (κ1) is 15.5. The quantitative estimate of drug-likeness (QED) is 0.732. The zero-order valence-electron chi connectivity index (χ0n) is 12.2. The highest BCUT2D eigenvalue weighted by Gasteiger charge is 2.03. The van der Waals surface area contributed by atoms with Crippen LogP contribution < -0.4 is 10.1 Å². The number of rotatable bonds is 8. The molecule has 1 aromatic rings. The van der Waals surface area contributed by atoms with Gasteiger partial charge in [0.05, 0.1) is 7.11 Å². The van der Waals surface area contributed by atoms with Crippen LogP contribution in [0.4, 0.5) is 0 Å². The molecule has 1 aromatic carbocycles. The summed E-state index contributed by atoms with van der Waals surface area (Å²) in [5, 5.41) is 2.96. The Bertz CT molecular complexity index is 371. The summed E-state index contributed by atoms with van der Waals surface area (Å²) in [6, 6.07) is 8.16. The largest absolute Gasteiger partial charge is 0.497 e. The number of aryl methyl sites for hydroxylation is 1. The van der Waals surface area contributed by atoms with E-state index in [2.05, 4.69) is 31.3 Å². The van der Waals surface area contributed by atoms with Crippen molar-refractivity contribution in [3.05, 3.63) is 29.8 Å². The molecular formula is C16H25NO2. The minimum atomic E-state index is 0.166. The second-order valence-electron chi connectivity index (χ2n) is 5.25. The molecule has 0 unspecified atom stereocenters. The monoisotopic (exact) mass is 263 g/mol. The molecule has 0 aromatic heterocycles. The van der Waals surface area contributed by atoms with E-state index in [1.165, 1.54) is 5.56 Å². The first-order valence-corrected chi connectivity index (χ1v) is 7.01. The van der Waals surface area contributed by atoms with Crippen LogP contribution in [-0.2, 0) is 11.2 Å². The molecule has 0 aliphatic carbocycles. The molecule has 0 aliphatic rings. The number of benzene rings is 1. The van der Waals surface area contributed by atoms with E-state index >= 15 is 0 Å². The molecule has 0 heterocycles. The van der Waals surface area contributed by atoms with Gasteiger partial charge in [-0.05, 0) is 42.9 Å². The number of carbonyl (C=O) groups excluding carboxylic acids is 1. The molecule has 0 radical (unpaired) electrons. The van der Waals surface area contributed by atoms with Crippen LogP contribution >= 0.6 is 0 Å². The lowest BCUT2D eigenvalue weighted by molar-refractivity contribution is -0.121. The SMILES string of the molecule is COc1ccc(CCCCNC(=O)CC(C)C)cc1. The number of amides is 1. The van der Waals surface area contributed by atoms with Crippen LogP contribution in [0, 0.1) is 5.92 Å². The van der Waals surface area contributed by atoms with E-state index in [1.54, 1.807) is 7.11 Å². The molecule has 0 saturated carbocycles. The maximum atomic E-state index is 11.4. The molecule has 0 atom stereocenters. The lowest BCUT2D eigenvalue weighted by Gasteiger charge is -2.07. The van der Waals surface area contributed by atoms with Crippen molar-refractivity contribution in [3.8, 4) is 5.75 Å². The zero-order valence-corrected chi connectivity index (χ0v) is 12.2. The Morgan fingerprint density at radius 2 is 1.89 bits per heavy atom. The van der Waals surface area contributed by atoms with E-state index in [0.717, 1.165) is 31.6 Å². The number of hydrogen-bond acceptors (Lipinski definition) is 2. The van der Waals surface area contributed by atoms with Crippen LogP contribution in [0.3, 0.4) is 0 Å². The molecule has 3 heteroatoms. The van der Waals surface area contributed by atoms with Gasteiger partial charge >= 0.3 is 0 Å². The Labute approximate surface area is 116 Å². The Morgan fingerprint density at radius 3 is 2.47 bits per heavy atom. The third-order valence-corrected chi connectivity index (χ3v) is 2.97. The molecule has 19 heavy (non-hydrogen) atoms.